The number of carbonyl (C=O) groups is 1. The van der Waals surface area contributed by atoms with Crippen molar-refractivity contribution in [3.05, 3.63) is 65.7 Å². The molecule has 39 heavy (non-hydrogen) atoms. The van der Waals surface area contributed by atoms with E-state index in [1.54, 1.807) is 36.4 Å². The molecule has 0 amide bonds. The summed E-state index contributed by atoms with van der Waals surface area (Å²) in [4.78, 5) is 12.1. The van der Waals surface area contributed by atoms with Crippen molar-refractivity contribution in [2.45, 2.75) is 61.4 Å². The van der Waals surface area contributed by atoms with Crippen LogP contribution in [0.1, 0.15) is 43.2 Å². The van der Waals surface area contributed by atoms with Crippen LogP contribution in [0.15, 0.2) is 59.5 Å². The van der Waals surface area contributed by atoms with Crippen molar-refractivity contribution in [3.63, 3.8) is 0 Å². The number of benzene rings is 2. The van der Waals surface area contributed by atoms with Gasteiger partial charge in [0, 0.05) is 18.9 Å². The third-order valence-electron chi connectivity index (χ3n) is 7.61. The van der Waals surface area contributed by atoms with Gasteiger partial charge in [-0.1, -0.05) is 36.4 Å². The minimum absolute atomic E-state index is 0.0962. The molecule has 3 atom stereocenters. The van der Waals surface area contributed by atoms with Crippen LogP contribution in [0.25, 0.3) is 0 Å². The van der Waals surface area contributed by atoms with Crippen LogP contribution in [-0.2, 0) is 36.7 Å². The summed E-state index contributed by atoms with van der Waals surface area (Å²) >= 11 is 0. The SMILES string of the molecule is O=C(O)C(CCNC1CCC2(CC1CS(=O)(=O)c1ccccc1)OCCO2)CCc1cccc(C(F)(F)F)c1. The summed E-state index contributed by atoms with van der Waals surface area (Å²) in [6, 6.07) is 13.0. The Labute approximate surface area is 226 Å². The van der Waals surface area contributed by atoms with Gasteiger partial charge in [0.2, 0.25) is 0 Å². The zero-order chi connectivity index (χ0) is 28.1. The number of aliphatic carboxylic acids is 1. The van der Waals surface area contributed by atoms with E-state index >= 15 is 0 Å². The standard InChI is InChI=1S/C28H34F3NO6S/c29-28(30,31)23-6-4-5-20(17-23)9-10-21(26(33)34)12-14-32-25-11-13-27(37-15-16-38-27)18-22(25)19-39(35,36)24-7-2-1-3-8-24/h1-8,17,21-22,25,32H,9-16,18-19H2,(H,33,34). The zero-order valence-electron chi connectivity index (χ0n) is 21.5. The molecule has 0 bridgehead atoms. The number of carboxylic acid groups (broad SMARTS) is 1. The van der Waals surface area contributed by atoms with E-state index in [4.69, 9.17) is 9.47 Å². The van der Waals surface area contributed by atoms with Gasteiger partial charge in [-0.15, -0.1) is 0 Å². The van der Waals surface area contributed by atoms with Gasteiger partial charge in [0.15, 0.2) is 15.6 Å². The smallest absolute Gasteiger partial charge is 0.416 e. The molecule has 11 heteroatoms. The predicted molar refractivity (Wildman–Crippen MR) is 138 cm³/mol. The van der Waals surface area contributed by atoms with Crippen molar-refractivity contribution in [2.75, 3.05) is 25.5 Å². The number of aryl methyl sites for hydroxylation is 1. The lowest BCUT2D eigenvalue weighted by atomic mass is 9.81. The van der Waals surface area contributed by atoms with Gasteiger partial charge in [0.1, 0.15) is 0 Å². The highest BCUT2D eigenvalue weighted by Crippen LogP contribution is 2.40. The summed E-state index contributed by atoms with van der Waals surface area (Å²) in [6.45, 7) is 1.26. The Hall–Kier alpha value is -2.47. The van der Waals surface area contributed by atoms with E-state index in [-0.39, 0.29) is 41.9 Å². The second-order valence-corrected chi connectivity index (χ2v) is 12.4. The molecule has 1 saturated carbocycles. The Balaban J connectivity index is 1.37. The largest absolute Gasteiger partial charge is 0.481 e. The molecule has 2 aliphatic rings. The van der Waals surface area contributed by atoms with Gasteiger partial charge in [-0.05, 0) is 61.9 Å². The van der Waals surface area contributed by atoms with Crippen LogP contribution in [0, 0.1) is 11.8 Å². The first kappa shape index (κ1) is 29.5. The number of carboxylic acids is 1. The van der Waals surface area contributed by atoms with Crippen LogP contribution in [-0.4, -0.2) is 56.8 Å². The van der Waals surface area contributed by atoms with Gasteiger partial charge in [-0.3, -0.25) is 4.79 Å². The summed E-state index contributed by atoms with van der Waals surface area (Å²) in [5, 5.41) is 13.1. The normalized spacial score (nSPS) is 22.1. The van der Waals surface area contributed by atoms with Crippen molar-refractivity contribution >= 4 is 15.8 Å². The Morgan fingerprint density at radius 3 is 2.46 bits per heavy atom. The van der Waals surface area contributed by atoms with E-state index < -0.39 is 39.3 Å². The highest BCUT2D eigenvalue weighted by Gasteiger charge is 2.46. The number of nitrogens with one attached hydrogen (secondary N) is 1. The molecule has 2 aromatic carbocycles. The quantitative estimate of drug-likeness (QED) is 0.404. The number of halogens is 3. The average molecular weight is 570 g/mol. The molecule has 1 spiro atoms. The van der Waals surface area contributed by atoms with Crippen LogP contribution in [0.4, 0.5) is 13.2 Å². The first-order chi connectivity index (χ1) is 18.5. The number of sulfone groups is 1. The Bertz CT molecular complexity index is 1220. The molecule has 2 aromatic rings. The van der Waals surface area contributed by atoms with Crippen molar-refractivity contribution in [2.24, 2.45) is 11.8 Å². The predicted octanol–water partition coefficient (Wildman–Crippen LogP) is 4.70. The van der Waals surface area contributed by atoms with Gasteiger partial charge in [0.25, 0.3) is 0 Å². The fourth-order valence-electron chi connectivity index (χ4n) is 5.54. The topological polar surface area (TPSA) is 102 Å². The molecule has 2 N–H and O–H groups in total. The first-order valence-corrected chi connectivity index (χ1v) is 14.8. The fraction of sp³-hybridized carbons (Fsp3) is 0.536. The molecule has 1 heterocycles. The highest BCUT2D eigenvalue weighted by molar-refractivity contribution is 7.91. The summed E-state index contributed by atoms with van der Waals surface area (Å²) in [5.74, 6) is -2.96. The summed E-state index contributed by atoms with van der Waals surface area (Å²) in [7, 11) is -3.57. The second kappa shape index (κ2) is 12.4. The minimum atomic E-state index is -4.45. The maximum absolute atomic E-state index is 13.2. The third kappa shape index (κ3) is 7.81. The molecule has 1 aliphatic heterocycles. The zero-order valence-corrected chi connectivity index (χ0v) is 22.3. The average Bonchev–Trinajstić information content (AvgIpc) is 3.34. The van der Waals surface area contributed by atoms with Gasteiger partial charge < -0.3 is 19.9 Å². The van der Waals surface area contributed by atoms with Gasteiger partial charge in [-0.25, -0.2) is 8.42 Å². The summed E-state index contributed by atoms with van der Waals surface area (Å²) in [5.41, 5.74) is -0.320. The first-order valence-electron chi connectivity index (χ1n) is 13.2. The van der Waals surface area contributed by atoms with E-state index in [9.17, 15) is 31.5 Å². The van der Waals surface area contributed by atoms with Crippen LogP contribution in [0.2, 0.25) is 0 Å². The lowest BCUT2D eigenvalue weighted by molar-refractivity contribution is -0.189. The van der Waals surface area contributed by atoms with E-state index in [2.05, 4.69) is 5.32 Å². The van der Waals surface area contributed by atoms with Crippen molar-refractivity contribution in [1.29, 1.82) is 0 Å². The van der Waals surface area contributed by atoms with Gasteiger partial charge in [-0.2, -0.15) is 13.2 Å². The van der Waals surface area contributed by atoms with E-state index in [0.29, 0.717) is 44.6 Å². The van der Waals surface area contributed by atoms with Gasteiger partial charge in [0.05, 0.1) is 35.3 Å². The fourth-order valence-corrected chi connectivity index (χ4v) is 7.22. The number of rotatable bonds is 11. The summed E-state index contributed by atoms with van der Waals surface area (Å²) in [6.07, 6.45) is -2.17. The van der Waals surface area contributed by atoms with E-state index in [0.717, 1.165) is 12.1 Å². The molecule has 4 rings (SSSR count). The van der Waals surface area contributed by atoms with Crippen LogP contribution in [0.3, 0.4) is 0 Å². The number of hydrogen-bond donors (Lipinski definition) is 2. The lowest BCUT2D eigenvalue weighted by Crippen LogP contribution is -2.50. The molecule has 1 aliphatic carbocycles. The number of hydrogen-bond acceptors (Lipinski definition) is 6. The monoisotopic (exact) mass is 569 g/mol. The van der Waals surface area contributed by atoms with Gasteiger partial charge >= 0.3 is 12.1 Å². The second-order valence-electron chi connectivity index (χ2n) is 10.3. The number of ether oxygens (including phenoxy) is 2. The molecule has 7 nitrogen and oxygen atoms in total. The summed E-state index contributed by atoms with van der Waals surface area (Å²) < 4.78 is 77.1. The van der Waals surface area contributed by atoms with E-state index in [1.807, 2.05) is 0 Å². The minimum Gasteiger partial charge on any atom is -0.481 e. The van der Waals surface area contributed by atoms with Crippen molar-refractivity contribution < 1.29 is 41.0 Å². The number of alkyl halides is 3. The Morgan fingerprint density at radius 1 is 1.08 bits per heavy atom. The Kier molecular flexibility index (Phi) is 9.36. The molecular weight excluding hydrogens is 535 g/mol. The van der Waals surface area contributed by atoms with Crippen molar-refractivity contribution in [3.8, 4) is 0 Å². The molecule has 0 aromatic heterocycles. The third-order valence-corrected chi connectivity index (χ3v) is 9.47. The van der Waals surface area contributed by atoms with Crippen molar-refractivity contribution in [1.82, 2.24) is 5.32 Å². The Morgan fingerprint density at radius 2 is 1.79 bits per heavy atom. The maximum atomic E-state index is 13.2. The molecule has 0 radical (unpaired) electrons. The molecule has 214 valence electrons. The molecule has 1 saturated heterocycles. The highest BCUT2D eigenvalue weighted by atomic mass is 32.2. The van der Waals surface area contributed by atoms with Crippen LogP contribution >= 0.6 is 0 Å². The lowest BCUT2D eigenvalue weighted by Gasteiger charge is -2.41. The maximum Gasteiger partial charge on any atom is 0.416 e. The van der Waals surface area contributed by atoms with Crippen LogP contribution < -0.4 is 5.32 Å². The molecule has 3 unspecified atom stereocenters. The molecular formula is C28H34F3NO6S. The van der Waals surface area contributed by atoms with Crippen LogP contribution in [0.5, 0.6) is 0 Å². The molecule has 2 fully saturated rings. The van der Waals surface area contributed by atoms with E-state index in [1.165, 1.54) is 6.07 Å².